The summed E-state index contributed by atoms with van der Waals surface area (Å²) in [6.07, 6.45) is 1.51. The first-order valence-electron chi connectivity index (χ1n) is 4.74. The van der Waals surface area contributed by atoms with Crippen molar-refractivity contribution in [3.63, 3.8) is 0 Å². The van der Waals surface area contributed by atoms with E-state index in [4.69, 9.17) is 5.11 Å². The van der Waals surface area contributed by atoms with Crippen LogP contribution in [0.15, 0.2) is 6.20 Å². The highest BCUT2D eigenvalue weighted by Gasteiger charge is 2.25. The highest BCUT2D eigenvalue weighted by Crippen LogP contribution is 2.17. The Bertz CT molecular complexity index is 372. The molecule has 0 aliphatic carbocycles. The summed E-state index contributed by atoms with van der Waals surface area (Å²) in [5.74, 6) is -0.194. The van der Waals surface area contributed by atoms with Gasteiger partial charge in [-0.05, 0) is 4.92 Å². The molecular formula is C8H12N4O3. The molecule has 15 heavy (non-hydrogen) atoms. The second-order valence-electron chi connectivity index (χ2n) is 3.46. The van der Waals surface area contributed by atoms with Crippen LogP contribution in [-0.2, 0) is 13.1 Å². The van der Waals surface area contributed by atoms with Crippen molar-refractivity contribution in [2.45, 2.75) is 13.1 Å². The molecule has 2 rings (SSSR count). The third-order valence-corrected chi connectivity index (χ3v) is 2.33. The predicted octanol–water partition coefficient (Wildman–Crippen LogP) is -0.401. The van der Waals surface area contributed by atoms with Gasteiger partial charge in [-0.25, -0.2) is 4.57 Å². The molecule has 0 bridgehead atoms. The zero-order valence-corrected chi connectivity index (χ0v) is 8.17. The average molecular weight is 212 g/mol. The Morgan fingerprint density at radius 3 is 2.87 bits per heavy atom. The lowest BCUT2D eigenvalue weighted by Gasteiger charge is -2.03. The zero-order valence-electron chi connectivity index (χ0n) is 8.17. The molecule has 2 heterocycles. The summed E-state index contributed by atoms with van der Waals surface area (Å²) in [6, 6.07) is 0. The van der Waals surface area contributed by atoms with Crippen molar-refractivity contribution in [3.8, 4) is 0 Å². The van der Waals surface area contributed by atoms with Crippen LogP contribution in [0, 0.1) is 10.1 Å². The quantitative estimate of drug-likeness (QED) is 0.408. The van der Waals surface area contributed by atoms with Gasteiger partial charge in [-0.1, -0.05) is 4.98 Å². The van der Waals surface area contributed by atoms with Gasteiger partial charge in [0.2, 0.25) is 0 Å². The number of aromatic nitrogens is 2. The van der Waals surface area contributed by atoms with Gasteiger partial charge in [0.05, 0.1) is 19.7 Å². The van der Waals surface area contributed by atoms with Crippen molar-refractivity contribution in [3.05, 3.63) is 22.0 Å². The van der Waals surface area contributed by atoms with Gasteiger partial charge in [-0.2, -0.15) is 0 Å². The Morgan fingerprint density at radius 1 is 1.60 bits per heavy atom. The van der Waals surface area contributed by atoms with Gasteiger partial charge < -0.3 is 15.2 Å². The van der Waals surface area contributed by atoms with Crippen LogP contribution in [0.1, 0.15) is 5.69 Å². The van der Waals surface area contributed by atoms with Crippen molar-refractivity contribution in [2.24, 2.45) is 0 Å². The van der Waals surface area contributed by atoms with E-state index in [0.29, 0.717) is 6.54 Å². The SMILES string of the molecule is O=[N+]([O-])c1ncc(CN2CC2)n1CCO. The van der Waals surface area contributed by atoms with Crippen LogP contribution < -0.4 is 0 Å². The van der Waals surface area contributed by atoms with E-state index < -0.39 is 4.92 Å². The largest absolute Gasteiger partial charge is 0.434 e. The lowest BCUT2D eigenvalue weighted by molar-refractivity contribution is -0.396. The summed E-state index contributed by atoms with van der Waals surface area (Å²) in [7, 11) is 0. The molecule has 0 amide bonds. The summed E-state index contributed by atoms with van der Waals surface area (Å²) >= 11 is 0. The number of nitrogens with zero attached hydrogens (tertiary/aromatic N) is 4. The fourth-order valence-electron chi connectivity index (χ4n) is 1.47. The maximum atomic E-state index is 10.6. The second-order valence-corrected chi connectivity index (χ2v) is 3.46. The minimum atomic E-state index is -0.526. The van der Waals surface area contributed by atoms with E-state index in [-0.39, 0.29) is 19.1 Å². The molecule has 7 nitrogen and oxygen atoms in total. The predicted molar refractivity (Wildman–Crippen MR) is 51.2 cm³/mol. The molecule has 7 heteroatoms. The number of hydrogen-bond acceptors (Lipinski definition) is 5. The first-order valence-corrected chi connectivity index (χ1v) is 4.74. The first-order chi connectivity index (χ1) is 7.22. The summed E-state index contributed by atoms with van der Waals surface area (Å²) < 4.78 is 1.46. The monoisotopic (exact) mass is 212 g/mol. The molecule has 1 fully saturated rings. The topological polar surface area (TPSA) is 84.2 Å². The molecule has 1 aromatic heterocycles. The Hall–Kier alpha value is -1.47. The molecule has 1 saturated heterocycles. The lowest BCUT2D eigenvalue weighted by Crippen LogP contribution is -2.12. The fraction of sp³-hybridized carbons (Fsp3) is 0.625. The van der Waals surface area contributed by atoms with Crippen LogP contribution in [0.5, 0.6) is 0 Å². The smallest absolute Gasteiger partial charge is 0.393 e. The summed E-state index contributed by atoms with van der Waals surface area (Å²) in [5, 5.41) is 19.5. The van der Waals surface area contributed by atoms with Gasteiger partial charge in [-0.15, -0.1) is 0 Å². The number of aliphatic hydroxyl groups is 1. The molecule has 82 valence electrons. The Kier molecular flexibility index (Phi) is 2.65. The van der Waals surface area contributed by atoms with Crippen LogP contribution in [0.3, 0.4) is 0 Å². The molecule has 1 aromatic rings. The molecule has 0 spiro atoms. The minimum absolute atomic E-state index is 0.121. The van der Waals surface area contributed by atoms with E-state index in [1.807, 2.05) is 0 Å². The van der Waals surface area contributed by atoms with Gasteiger partial charge in [0, 0.05) is 13.1 Å². The van der Waals surface area contributed by atoms with E-state index in [2.05, 4.69) is 9.88 Å². The molecular weight excluding hydrogens is 200 g/mol. The molecule has 0 unspecified atom stereocenters. The summed E-state index contributed by atoms with van der Waals surface area (Å²) in [4.78, 5) is 16.0. The zero-order chi connectivity index (χ0) is 10.8. The molecule has 0 atom stereocenters. The normalized spacial score (nSPS) is 15.5. The van der Waals surface area contributed by atoms with E-state index in [0.717, 1.165) is 18.8 Å². The van der Waals surface area contributed by atoms with Crippen molar-refractivity contribution in [2.75, 3.05) is 19.7 Å². The van der Waals surface area contributed by atoms with Gasteiger partial charge in [0.15, 0.2) is 0 Å². The van der Waals surface area contributed by atoms with Gasteiger partial charge in [0.1, 0.15) is 11.9 Å². The van der Waals surface area contributed by atoms with Crippen LogP contribution in [0.25, 0.3) is 0 Å². The van der Waals surface area contributed by atoms with Crippen molar-refractivity contribution in [1.29, 1.82) is 0 Å². The number of rotatable bonds is 5. The number of imidazole rings is 1. The van der Waals surface area contributed by atoms with Crippen molar-refractivity contribution in [1.82, 2.24) is 14.5 Å². The van der Waals surface area contributed by atoms with Crippen LogP contribution in [-0.4, -0.2) is 44.2 Å². The summed E-state index contributed by atoms with van der Waals surface area (Å²) in [5.41, 5.74) is 0.785. The molecule has 1 aliphatic rings. The lowest BCUT2D eigenvalue weighted by atomic mass is 10.4. The van der Waals surface area contributed by atoms with Gasteiger partial charge in [-0.3, -0.25) is 4.90 Å². The second kappa shape index (κ2) is 3.95. The number of aliphatic hydroxyl groups excluding tert-OH is 1. The van der Waals surface area contributed by atoms with Gasteiger partial charge in [0.25, 0.3) is 0 Å². The average Bonchev–Trinajstić information content (AvgIpc) is 2.90. The van der Waals surface area contributed by atoms with E-state index in [9.17, 15) is 10.1 Å². The highest BCUT2D eigenvalue weighted by molar-refractivity contribution is 5.16. The van der Waals surface area contributed by atoms with Crippen LogP contribution >= 0.6 is 0 Å². The highest BCUT2D eigenvalue weighted by atomic mass is 16.6. The van der Waals surface area contributed by atoms with Gasteiger partial charge >= 0.3 is 5.95 Å². The van der Waals surface area contributed by atoms with Crippen molar-refractivity contribution >= 4 is 5.95 Å². The molecule has 0 aromatic carbocycles. The molecule has 1 N–H and O–H groups in total. The third-order valence-electron chi connectivity index (χ3n) is 2.33. The first kappa shape index (κ1) is 10.1. The Morgan fingerprint density at radius 2 is 2.33 bits per heavy atom. The Balaban J connectivity index is 2.23. The maximum absolute atomic E-state index is 10.6. The number of nitro groups is 1. The van der Waals surface area contributed by atoms with Crippen LogP contribution in [0.4, 0.5) is 5.95 Å². The van der Waals surface area contributed by atoms with E-state index in [1.165, 1.54) is 10.8 Å². The summed E-state index contributed by atoms with van der Waals surface area (Å²) in [6.45, 7) is 2.82. The number of hydrogen-bond donors (Lipinski definition) is 1. The molecule has 1 aliphatic heterocycles. The molecule has 0 saturated carbocycles. The van der Waals surface area contributed by atoms with E-state index in [1.54, 1.807) is 0 Å². The minimum Gasteiger partial charge on any atom is -0.393 e. The standard InChI is InChI=1S/C8H12N4O3/c13-4-3-11-7(6-10-1-2-10)5-9-8(11)12(14)15/h5,13H,1-4,6H2. The Labute approximate surface area is 86.1 Å². The van der Waals surface area contributed by atoms with Crippen LogP contribution in [0.2, 0.25) is 0 Å². The fourth-order valence-corrected chi connectivity index (χ4v) is 1.47. The van der Waals surface area contributed by atoms with Crippen molar-refractivity contribution < 1.29 is 10.0 Å². The maximum Gasteiger partial charge on any atom is 0.434 e. The molecule has 0 radical (unpaired) electrons. The van der Waals surface area contributed by atoms with E-state index >= 15 is 0 Å². The third kappa shape index (κ3) is 2.13.